The summed E-state index contributed by atoms with van der Waals surface area (Å²) in [5, 5.41) is 14.5. The number of fused-ring (bicyclic) bond motifs is 1. The zero-order chi connectivity index (χ0) is 33.7. The summed E-state index contributed by atoms with van der Waals surface area (Å²) in [5.74, 6) is 1.82. The highest BCUT2D eigenvalue weighted by Crippen LogP contribution is 2.37. The number of rotatable bonds is 10. The van der Waals surface area contributed by atoms with Gasteiger partial charge < -0.3 is 29.7 Å². The molecular weight excluding hydrogens is 622 g/mol. The summed E-state index contributed by atoms with van der Waals surface area (Å²) in [6.45, 7) is 10.4. The molecule has 1 aliphatic heterocycles. The molecule has 47 heavy (non-hydrogen) atoms. The maximum Gasteiger partial charge on any atom is 0.324 e. The van der Waals surface area contributed by atoms with Crippen LogP contribution in [-0.2, 0) is 14.9 Å². The van der Waals surface area contributed by atoms with Crippen molar-refractivity contribution in [2.24, 2.45) is 0 Å². The highest BCUT2D eigenvalue weighted by atomic mass is 35.5. The first-order valence-electron chi connectivity index (χ1n) is 15.6. The molecule has 250 valence electrons. The molecule has 3 amide bonds. The van der Waals surface area contributed by atoms with Crippen LogP contribution in [0.25, 0.3) is 10.9 Å². The van der Waals surface area contributed by atoms with Crippen molar-refractivity contribution in [3.05, 3.63) is 59.4 Å². The lowest BCUT2D eigenvalue weighted by atomic mass is 9.92. The van der Waals surface area contributed by atoms with Gasteiger partial charge in [0.1, 0.15) is 29.7 Å². The van der Waals surface area contributed by atoms with E-state index in [0.29, 0.717) is 63.6 Å². The summed E-state index contributed by atoms with van der Waals surface area (Å²) in [6, 6.07) is 12.0. The van der Waals surface area contributed by atoms with Gasteiger partial charge in [0.05, 0.1) is 40.3 Å². The van der Waals surface area contributed by atoms with Crippen LogP contribution in [0.4, 0.5) is 22.0 Å². The van der Waals surface area contributed by atoms with Gasteiger partial charge in [-0.25, -0.2) is 9.48 Å². The molecular formula is C34H42ClN7O5. The number of likely N-dealkylation sites (tertiary alicyclic amines) is 1. The molecule has 0 radical (unpaired) electrons. The lowest BCUT2D eigenvalue weighted by Crippen LogP contribution is -2.33. The highest BCUT2D eigenvalue weighted by Gasteiger charge is 2.26. The summed E-state index contributed by atoms with van der Waals surface area (Å²) in [7, 11) is 3.70. The maximum atomic E-state index is 13.2. The fourth-order valence-electron chi connectivity index (χ4n) is 5.31. The summed E-state index contributed by atoms with van der Waals surface area (Å²) >= 11 is 6.62. The number of methoxy groups -OCH3 is 1. The molecule has 4 aromatic rings. The molecule has 0 spiro atoms. The van der Waals surface area contributed by atoms with E-state index < -0.39 is 6.03 Å². The van der Waals surface area contributed by atoms with E-state index in [9.17, 15) is 9.59 Å². The molecule has 3 N–H and O–H groups in total. The van der Waals surface area contributed by atoms with Gasteiger partial charge in [-0.3, -0.25) is 15.1 Å². The Morgan fingerprint density at radius 3 is 2.43 bits per heavy atom. The lowest BCUT2D eigenvalue weighted by molar-refractivity contribution is -0.114. The number of carbonyl (C=O) groups excluding carboxylic acids is 2. The Labute approximate surface area is 279 Å². The molecule has 0 atom stereocenters. The van der Waals surface area contributed by atoms with Gasteiger partial charge in [-0.15, -0.1) is 0 Å². The van der Waals surface area contributed by atoms with Crippen molar-refractivity contribution < 1.29 is 23.8 Å². The molecule has 2 aromatic heterocycles. The molecule has 12 nitrogen and oxygen atoms in total. The lowest BCUT2D eigenvalue weighted by Gasteiger charge is -2.30. The molecule has 1 aliphatic rings. The van der Waals surface area contributed by atoms with E-state index in [-0.39, 0.29) is 17.4 Å². The largest absolute Gasteiger partial charge is 0.489 e. The number of piperidine rings is 1. The minimum Gasteiger partial charge on any atom is -0.489 e. The van der Waals surface area contributed by atoms with Crippen molar-refractivity contribution in [1.29, 1.82) is 0 Å². The Hall–Kier alpha value is -4.39. The van der Waals surface area contributed by atoms with Crippen LogP contribution in [0.3, 0.4) is 0 Å². The van der Waals surface area contributed by atoms with Crippen LogP contribution in [-0.4, -0.2) is 72.1 Å². The number of pyridine rings is 1. The number of hydrogen-bond donors (Lipinski definition) is 3. The van der Waals surface area contributed by atoms with Crippen LogP contribution in [0.15, 0.2) is 48.7 Å². The van der Waals surface area contributed by atoms with Crippen molar-refractivity contribution in [2.45, 2.75) is 52.0 Å². The SMILES string of the molecule is COCCOc1cc2nccc(Oc3ccc(NC(=O)Nc4cc(C(C)(C)C)nn4C4CCN(C)CC4)c(Cl)c3)c2cc1NC(C)=O. The third kappa shape index (κ3) is 8.51. The van der Waals surface area contributed by atoms with E-state index in [1.807, 2.05) is 10.7 Å². The second-order valence-electron chi connectivity index (χ2n) is 12.7. The van der Waals surface area contributed by atoms with Crippen LogP contribution >= 0.6 is 11.6 Å². The smallest absolute Gasteiger partial charge is 0.324 e. The van der Waals surface area contributed by atoms with Gasteiger partial charge in [0.2, 0.25) is 5.91 Å². The monoisotopic (exact) mass is 663 g/mol. The van der Waals surface area contributed by atoms with Crippen LogP contribution in [0.1, 0.15) is 52.3 Å². The number of ether oxygens (including phenoxy) is 3. The summed E-state index contributed by atoms with van der Waals surface area (Å²) in [4.78, 5) is 31.9. The van der Waals surface area contributed by atoms with Crippen molar-refractivity contribution in [1.82, 2.24) is 19.7 Å². The number of carbonyl (C=O) groups is 2. The summed E-state index contributed by atoms with van der Waals surface area (Å²) < 4.78 is 19.1. The molecule has 2 aromatic carbocycles. The van der Waals surface area contributed by atoms with E-state index in [4.69, 9.17) is 30.9 Å². The topological polar surface area (TPSA) is 132 Å². The Bertz CT molecular complexity index is 1740. The Morgan fingerprint density at radius 2 is 1.74 bits per heavy atom. The summed E-state index contributed by atoms with van der Waals surface area (Å²) in [6.07, 6.45) is 3.53. The van der Waals surface area contributed by atoms with Gasteiger partial charge in [-0.05, 0) is 57.2 Å². The third-order valence-corrected chi connectivity index (χ3v) is 8.17. The van der Waals surface area contributed by atoms with Crippen LogP contribution in [0, 0.1) is 0 Å². The predicted molar refractivity (Wildman–Crippen MR) is 184 cm³/mol. The highest BCUT2D eigenvalue weighted by molar-refractivity contribution is 6.34. The zero-order valence-corrected chi connectivity index (χ0v) is 28.4. The van der Waals surface area contributed by atoms with Gasteiger partial charge in [0, 0.05) is 49.2 Å². The molecule has 3 heterocycles. The number of aromatic nitrogens is 3. The Balaban J connectivity index is 1.32. The Kier molecular flexibility index (Phi) is 10.5. The number of halogens is 1. The van der Waals surface area contributed by atoms with Gasteiger partial charge in [-0.2, -0.15) is 5.10 Å². The first-order valence-corrected chi connectivity index (χ1v) is 15.9. The molecule has 0 saturated carbocycles. The molecule has 1 fully saturated rings. The molecule has 0 aliphatic carbocycles. The average Bonchev–Trinajstić information content (AvgIpc) is 3.43. The second kappa shape index (κ2) is 14.6. The third-order valence-electron chi connectivity index (χ3n) is 7.85. The molecule has 13 heteroatoms. The Morgan fingerprint density at radius 1 is 0.979 bits per heavy atom. The zero-order valence-electron chi connectivity index (χ0n) is 27.6. The fraction of sp³-hybridized carbons (Fsp3) is 0.412. The number of nitrogens with zero attached hydrogens (tertiary/aromatic N) is 4. The first-order chi connectivity index (χ1) is 22.4. The van der Waals surface area contributed by atoms with Crippen LogP contribution < -0.4 is 25.4 Å². The van der Waals surface area contributed by atoms with Crippen molar-refractivity contribution in [3.63, 3.8) is 0 Å². The fourth-order valence-corrected chi connectivity index (χ4v) is 5.53. The first kappa shape index (κ1) is 34.0. The van der Waals surface area contributed by atoms with Gasteiger partial charge in [0.15, 0.2) is 0 Å². The number of urea groups is 1. The van der Waals surface area contributed by atoms with E-state index in [0.717, 1.165) is 31.6 Å². The second-order valence-corrected chi connectivity index (χ2v) is 13.1. The van der Waals surface area contributed by atoms with Gasteiger partial charge in [-0.1, -0.05) is 32.4 Å². The van der Waals surface area contributed by atoms with Crippen molar-refractivity contribution in [3.8, 4) is 17.2 Å². The van der Waals surface area contributed by atoms with Gasteiger partial charge >= 0.3 is 6.03 Å². The van der Waals surface area contributed by atoms with E-state index in [2.05, 4.69) is 53.7 Å². The van der Waals surface area contributed by atoms with Crippen molar-refractivity contribution in [2.75, 3.05) is 56.4 Å². The molecule has 0 unspecified atom stereocenters. The van der Waals surface area contributed by atoms with Crippen LogP contribution in [0.2, 0.25) is 5.02 Å². The van der Waals surface area contributed by atoms with Crippen LogP contribution in [0.5, 0.6) is 17.2 Å². The average molecular weight is 664 g/mol. The molecule has 5 rings (SSSR count). The molecule has 0 bridgehead atoms. The standard InChI is InChI=1S/C34H42ClN7O5/c1-21(43)37-28-18-24-27(19-30(28)46-16-15-45-6)36-12-9-29(24)47-23-7-8-26(25(35)17-23)38-33(44)39-32-20-31(34(2,3)4)40-42(32)22-10-13-41(5)14-11-22/h7-9,12,17-20,22H,10-11,13-16H2,1-6H3,(H,37,43)(H2,38,39,44). The minimum atomic E-state index is -0.427. The minimum absolute atomic E-state index is 0.172. The number of amides is 3. The van der Waals surface area contributed by atoms with E-state index >= 15 is 0 Å². The number of hydrogen-bond acceptors (Lipinski definition) is 8. The normalized spacial score (nSPS) is 14.2. The number of benzene rings is 2. The number of anilines is 3. The number of nitrogens with one attached hydrogen (secondary N) is 3. The van der Waals surface area contributed by atoms with E-state index in [1.165, 1.54) is 6.92 Å². The van der Waals surface area contributed by atoms with E-state index in [1.54, 1.807) is 49.7 Å². The predicted octanol–water partition coefficient (Wildman–Crippen LogP) is 7.07. The van der Waals surface area contributed by atoms with Crippen molar-refractivity contribution >= 4 is 51.6 Å². The maximum absolute atomic E-state index is 13.2. The van der Waals surface area contributed by atoms with Gasteiger partial charge in [0.25, 0.3) is 0 Å². The molecule has 1 saturated heterocycles. The quantitative estimate of drug-likeness (QED) is 0.154. The summed E-state index contributed by atoms with van der Waals surface area (Å²) in [5.41, 5.74) is 2.25.